The average Bonchev–Trinajstić information content (AvgIpc) is 3.23. The molecule has 2 N–H and O–H groups in total. The Balaban J connectivity index is 2.09. The van der Waals surface area contributed by atoms with Crippen molar-refractivity contribution in [3.05, 3.63) is 39.0 Å². The number of aliphatic hydroxyl groups excluding tert-OH is 1. The number of aliphatic hydroxyl groups is 1. The van der Waals surface area contributed by atoms with Crippen LogP contribution < -0.4 is 16.0 Å². The third-order valence-corrected chi connectivity index (χ3v) is 7.00. The van der Waals surface area contributed by atoms with Gasteiger partial charge in [0.1, 0.15) is 0 Å². The summed E-state index contributed by atoms with van der Waals surface area (Å²) in [5.74, 6) is 0.0975. The molecule has 1 aromatic heterocycles. The molecule has 0 radical (unpaired) electrons. The van der Waals surface area contributed by atoms with E-state index in [1.807, 2.05) is 6.92 Å². The summed E-state index contributed by atoms with van der Waals surface area (Å²) < 4.78 is 30.9. The number of sulfonamides is 1. The van der Waals surface area contributed by atoms with Gasteiger partial charge in [0, 0.05) is 25.2 Å². The molecule has 0 bridgehead atoms. The molecule has 1 heterocycles. The fourth-order valence-electron chi connectivity index (χ4n) is 3.67. The fraction of sp³-hybridized carbons (Fsp3) is 0.556. The molecule has 0 saturated heterocycles. The molecule has 0 unspecified atom stereocenters. The van der Waals surface area contributed by atoms with Gasteiger partial charge in [-0.15, -0.1) is 0 Å². The monoisotopic (exact) mass is 395 g/mol. The number of hydrogen-bond acceptors (Lipinski definition) is 5. The Labute approximate surface area is 157 Å². The molecule has 1 aromatic carbocycles. The van der Waals surface area contributed by atoms with Gasteiger partial charge in [-0.2, -0.15) is 0 Å². The predicted molar refractivity (Wildman–Crippen MR) is 102 cm³/mol. The zero-order valence-electron chi connectivity index (χ0n) is 15.7. The minimum atomic E-state index is -3.83. The molecule has 8 nitrogen and oxygen atoms in total. The summed E-state index contributed by atoms with van der Waals surface area (Å²) in [5, 5.41) is 9.25. The molecular formula is C18H25N3O5S. The van der Waals surface area contributed by atoms with E-state index in [9.17, 15) is 18.0 Å². The van der Waals surface area contributed by atoms with Gasteiger partial charge in [0.25, 0.3) is 5.56 Å². The summed E-state index contributed by atoms with van der Waals surface area (Å²) in [6.07, 6.45) is 1.21. The number of aryl methyl sites for hydroxylation is 1. The first-order valence-electron chi connectivity index (χ1n) is 9.10. The maximum Gasteiger partial charge on any atom is 0.331 e. The van der Waals surface area contributed by atoms with E-state index in [0.717, 1.165) is 4.57 Å². The van der Waals surface area contributed by atoms with Gasteiger partial charge in [0.05, 0.1) is 15.8 Å². The molecule has 148 valence electrons. The lowest BCUT2D eigenvalue weighted by atomic mass is 10.2. The van der Waals surface area contributed by atoms with Gasteiger partial charge in [0.15, 0.2) is 0 Å². The van der Waals surface area contributed by atoms with Gasteiger partial charge in [-0.05, 0) is 57.7 Å². The third-order valence-electron chi connectivity index (χ3n) is 5.40. The molecule has 9 heteroatoms. The molecule has 3 rings (SSSR count). The molecule has 2 aromatic rings. The predicted octanol–water partition coefficient (Wildman–Crippen LogP) is 0.642. The van der Waals surface area contributed by atoms with Crippen LogP contribution in [0.15, 0.2) is 32.7 Å². The highest BCUT2D eigenvalue weighted by Gasteiger charge is 2.51. The van der Waals surface area contributed by atoms with Crippen LogP contribution in [0, 0.1) is 5.92 Å². The first kappa shape index (κ1) is 19.8. The summed E-state index contributed by atoms with van der Waals surface area (Å²) >= 11 is 0. The fourth-order valence-corrected chi connectivity index (χ4v) is 5.18. The molecule has 27 heavy (non-hydrogen) atoms. The summed E-state index contributed by atoms with van der Waals surface area (Å²) in [6.45, 7) is 5.91. The zero-order valence-corrected chi connectivity index (χ0v) is 16.5. The minimum absolute atomic E-state index is 0.00747. The zero-order chi connectivity index (χ0) is 20.0. The first-order chi connectivity index (χ1) is 12.7. The van der Waals surface area contributed by atoms with Gasteiger partial charge >= 0.3 is 5.69 Å². The summed E-state index contributed by atoms with van der Waals surface area (Å²) in [5.41, 5.74) is -1.05. The van der Waals surface area contributed by atoms with Crippen LogP contribution in [-0.2, 0) is 23.1 Å². The quantitative estimate of drug-likeness (QED) is 0.715. The van der Waals surface area contributed by atoms with E-state index in [0.29, 0.717) is 24.9 Å². The Hall–Kier alpha value is -1.97. The van der Waals surface area contributed by atoms with Crippen molar-refractivity contribution < 1.29 is 13.5 Å². The Kier molecular flexibility index (Phi) is 5.04. The van der Waals surface area contributed by atoms with E-state index in [1.54, 1.807) is 13.8 Å². The lowest BCUT2D eigenvalue weighted by Crippen LogP contribution is -2.40. The van der Waals surface area contributed by atoms with Crippen molar-refractivity contribution in [2.75, 3.05) is 6.61 Å². The second-order valence-electron chi connectivity index (χ2n) is 7.19. The molecule has 1 fully saturated rings. The highest BCUT2D eigenvalue weighted by Crippen LogP contribution is 2.46. The van der Waals surface area contributed by atoms with E-state index in [1.165, 1.54) is 22.8 Å². The normalized spacial score (nSPS) is 22.3. The highest BCUT2D eigenvalue weighted by molar-refractivity contribution is 7.89. The Bertz CT molecular complexity index is 1100. The summed E-state index contributed by atoms with van der Waals surface area (Å²) in [4.78, 5) is 25.1. The summed E-state index contributed by atoms with van der Waals surface area (Å²) in [7, 11) is -3.83. The number of benzene rings is 1. The van der Waals surface area contributed by atoms with Gasteiger partial charge in [-0.1, -0.05) is 0 Å². The average molecular weight is 395 g/mol. The third kappa shape index (κ3) is 3.35. The molecule has 0 aliphatic heterocycles. The smallest absolute Gasteiger partial charge is 0.331 e. The molecule has 1 aliphatic rings. The maximum atomic E-state index is 12.8. The van der Waals surface area contributed by atoms with Crippen LogP contribution in [0.25, 0.3) is 10.9 Å². The Morgan fingerprint density at radius 3 is 2.48 bits per heavy atom. The van der Waals surface area contributed by atoms with Gasteiger partial charge < -0.3 is 5.11 Å². The van der Waals surface area contributed by atoms with Crippen molar-refractivity contribution in [1.29, 1.82) is 0 Å². The van der Waals surface area contributed by atoms with E-state index < -0.39 is 26.8 Å². The van der Waals surface area contributed by atoms with E-state index in [2.05, 4.69) is 4.72 Å². The molecule has 1 saturated carbocycles. The van der Waals surface area contributed by atoms with Crippen LogP contribution in [0.3, 0.4) is 0 Å². The molecule has 2 atom stereocenters. The molecule has 0 spiro atoms. The van der Waals surface area contributed by atoms with Crippen LogP contribution in [-0.4, -0.2) is 34.8 Å². The first-order valence-corrected chi connectivity index (χ1v) is 10.6. The SMILES string of the molecule is CCn1c(=O)c2cc(S(=O)(=O)N[C@]3(C)C[C@@H]3CCO)ccc2n(CC)c1=O. The van der Waals surface area contributed by atoms with E-state index in [4.69, 9.17) is 5.11 Å². The second kappa shape index (κ2) is 6.88. The number of rotatable bonds is 7. The number of nitrogens with zero attached hydrogens (tertiary/aromatic N) is 2. The Morgan fingerprint density at radius 2 is 1.89 bits per heavy atom. The standard InChI is InChI=1S/C18H25N3O5S/c1-4-20-15-7-6-13(10-14(15)16(23)21(5-2)17(20)24)27(25,26)19-18(3)11-12(18)8-9-22/h6-7,10,12,19,22H,4-5,8-9,11H2,1-3H3/t12-,18+/m0/s1. The van der Waals surface area contributed by atoms with Crippen molar-refractivity contribution in [2.45, 2.75) is 57.1 Å². The van der Waals surface area contributed by atoms with E-state index in [-0.39, 0.29) is 29.4 Å². The number of aromatic nitrogens is 2. The minimum Gasteiger partial charge on any atom is -0.396 e. The number of fused-ring (bicyclic) bond motifs is 1. The van der Waals surface area contributed by atoms with E-state index >= 15 is 0 Å². The van der Waals surface area contributed by atoms with Crippen LogP contribution in [0.2, 0.25) is 0 Å². The lowest BCUT2D eigenvalue weighted by Gasteiger charge is -2.16. The van der Waals surface area contributed by atoms with Crippen LogP contribution in [0.4, 0.5) is 0 Å². The molecular weight excluding hydrogens is 370 g/mol. The van der Waals surface area contributed by atoms with Crippen molar-refractivity contribution in [1.82, 2.24) is 13.9 Å². The number of hydrogen-bond donors (Lipinski definition) is 2. The number of nitrogens with one attached hydrogen (secondary N) is 1. The van der Waals surface area contributed by atoms with Crippen molar-refractivity contribution in [2.24, 2.45) is 5.92 Å². The second-order valence-corrected chi connectivity index (χ2v) is 8.87. The van der Waals surface area contributed by atoms with Crippen molar-refractivity contribution >= 4 is 20.9 Å². The Morgan fingerprint density at radius 1 is 1.22 bits per heavy atom. The van der Waals surface area contributed by atoms with Gasteiger partial charge in [-0.3, -0.25) is 13.9 Å². The molecule has 1 aliphatic carbocycles. The molecule has 0 amide bonds. The summed E-state index contributed by atoms with van der Waals surface area (Å²) in [6, 6.07) is 4.26. The van der Waals surface area contributed by atoms with Crippen LogP contribution in [0.1, 0.15) is 33.6 Å². The lowest BCUT2D eigenvalue weighted by molar-refractivity contribution is 0.274. The van der Waals surface area contributed by atoms with Crippen LogP contribution in [0.5, 0.6) is 0 Å². The highest BCUT2D eigenvalue weighted by atomic mass is 32.2. The van der Waals surface area contributed by atoms with Crippen molar-refractivity contribution in [3.63, 3.8) is 0 Å². The van der Waals surface area contributed by atoms with Gasteiger partial charge in [0.2, 0.25) is 10.0 Å². The van der Waals surface area contributed by atoms with Crippen molar-refractivity contribution in [3.8, 4) is 0 Å². The maximum absolute atomic E-state index is 12.8. The van der Waals surface area contributed by atoms with Crippen LogP contribution >= 0.6 is 0 Å². The largest absolute Gasteiger partial charge is 0.396 e. The topological polar surface area (TPSA) is 110 Å². The van der Waals surface area contributed by atoms with Gasteiger partial charge in [-0.25, -0.2) is 17.9 Å².